The smallest absolute Gasteiger partial charge is 0.0542 e. The summed E-state index contributed by atoms with van der Waals surface area (Å²) in [7, 11) is 0. The average molecular weight is 1890 g/mol. The van der Waals surface area contributed by atoms with Gasteiger partial charge in [0.05, 0.1) is 33.4 Å². The Kier molecular flexibility index (Phi) is 23.3. The van der Waals surface area contributed by atoms with E-state index in [4.69, 9.17) is 0 Å². The quantitative estimate of drug-likeness (QED) is 0.0752. The Morgan fingerprint density at radius 1 is 0.169 bits per heavy atom. The zero-order valence-corrected chi connectivity index (χ0v) is 75.5. The monoisotopic (exact) mass is 1890 g/mol. The van der Waals surface area contributed by atoms with Crippen molar-refractivity contribution in [3.05, 3.63) is 534 Å². The highest BCUT2D eigenvalue weighted by Gasteiger charge is 2.25. The summed E-state index contributed by atoms with van der Waals surface area (Å²) in [6, 6.07) is 185. The Hall–Kier alpha value is -15.5. The van der Waals surface area contributed by atoms with Gasteiger partial charge < -0.3 is 33.6 Å². The molecule has 7 nitrogen and oxygen atoms in total. The van der Waals surface area contributed by atoms with Gasteiger partial charge in [-0.3, -0.25) is 0 Å². The van der Waals surface area contributed by atoms with Crippen LogP contribution in [0.4, 0.5) is 85.3 Å². The first-order valence-corrected chi connectivity index (χ1v) is 46.1. The lowest BCUT2D eigenvalue weighted by Crippen LogP contribution is -2.12. The normalized spacial score (nSPS) is 11.2. The molecule has 23 aromatic rings. The van der Waals surface area contributed by atoms with Crippen molar-refractivity contribution in [3.63, 3.8) is 0 Å². The third-order valence-corrected chi connectivity index (χ3v) is 25.6. The molecule has 0 aliphatic heterocycles. The van der Waals surface area contributed by atoms with Crippen LogP contribution in [-0.2, 0) is 6.42 Å². The van der Waals surface area contributed by atoms with E-state index in [-0.39, 0.29) is 0 Å². The summed E-state index contributed by atoms with van der Waals surface area (Å²) in [5.74, 6) is 0. The van der Waals surface area contributed by atoms with Crippen molar-refractivity contribution in [3.8, 4) is 11.4 Å². The topological polar surface area (TPSA) is 26.1 Å². The first-order chi connectivity index (χ1) is 64.3. The number of benzene rings is 21. The Balaban J connectivity index is 0.000000161. The number of hydrogen-bond acceptors (Lipinski definition) is 5. The molecule has 0 saturated carbocycles. The van der Waals surface area contributed by atoms with Crippen molar-refractivity contribution < 1.29 is 0 Å². The molecule has 130 heavy (non-hydrogen) atoms. The summed E-state index contributed by atoms with van der Waals surface area (Å²) in [5, 5.41) is 12.3. The second-order valence-corrected chi connectivity index (χ2v) is 34.8. The maximum absolute atomic E-state index is 2.43. The van der Waals surface area contributed by atoms with E-state index < -0.39 is 0 Å². The maximum Gasteiger partial charge on any atom is 0.0542 e. The predicted molar refractivity (Wildman–Crippen MR) is 569 cm³/mol. The zero-order valence-electron chi connectivity index (χ0n) is 71.2. The number of para-hydroxylation sites is 8. The van der Waals surface area contributed by atoms with Crippen LogP contribution in [0, 0.1) is 7.14 Å². The van der Waals surface area contributed by atoms with E-state index in [1.54, 1.807) is 0 Å². The summed E-state index contributed by atoms with van der Waals surface area (Å²) in [6.07, 6.45) is 0.929. The van der Waals surface area contributed by atoms with E-state index in [1.165, 1.54) is 78.1 Å². The van der Waals surface area contributed by atoms with Crippen LogP contribution in [0.2, 0.25) is 0 Å². The third-order valence-electron chi connectivity index (χ3n) is 24.3. The Morgan fingerprint density at radius 2 is 0.408 bits per heavy atom. The molecule has 0 fully saturated rings. The fourth-order valence-corrected chi connectivity index (χ4v) is 19.3. The number of fused-ring (bicyclic) bond motifs is 9. The summed E-state index contributed by atoms with van der Waals surface area (Å²) >= 11 is 4.76. The molecule has 0 spiro atoms. The van der Waals surface area contributed by atoms with Crippen LogP contribution in [0.3, 0.4) is 0 Å². The van der Waals surface area contributed by atoms with Crippen LogP contribution in [0.15, 0.2) is 516 Å². The molecule has 0 atom stereocenters. The molecule has 9 heteroatoms. The summed E-state index contributed by atoms with van der Waals surface area (Å²) < 4.78 is 7.30. The molecule has 2 heterocycles. The summed E-state index contributed by atoms with van der Waals surface area (Å²) in [5.41, 5.74) is 26.2. The highest BCUT2D eigenvalue weighted by atomic mass is 127. The zero-order chi connectivity index (χ0) is 87.1. The van der Waals surface area contributed by atoms with Crippen molar-refractivity contribution in [2.45, 2.75) is 6.42 Å². The minimum Gasteiger partial charge on any atom is -0.311 e. The predicted octanol–water partition coefficient (Wildman–Crippen LogP) is 34.9. The van der Waals surface area contributed by atoms with Gasteiger partial charge in [-0.15, -0.1) is 0 Å². The lowest BCUT2D eigenvalue weighted by molar-refractivity contribution is 1.18. The van der Waals surface area contributed by atoms with E-state index in [9.17, 15) is 0 Å². The third kappa shape index (κ3) is 16.7. The molecule has 0 unspecified atom stereocenters. The first kappa shape index (κ1) is 81.5. The molecule has 2 aromatic heterocycles. The van der Waals surface area contributed by atoms with Crippen molar-refractivity contribution in [1.82, 2.24) is 9.13 Å². The van der Waals surface area contributed by atoms with Crippen molar-refractivity contribution in [2.24, 2.45) is 0 Å². The number of aromatic nitrogens is 2. The number of halogens is 2. The number of anilines is 15. The van der Waals surface area contributed by atoms with Gasteiger partial charge in [-0.1, -0.05) is 273 Å². The van der Waals surface area contributed by atoms with E-state index in [1.807, 2.05) is 0 Å². The van der Waals surface area contributed by atoms with Crippen molar-refractivity contribution >= 4 is 206 Å². The highest BCUT2D eigenvalue weighted by Crippen LogP contribution is 2.49. The van der Waals surface area contributed by atoms with Crippen LogP contribution in [-0.4, -0.2) is 9.13 Å². The molecule has 0 bridgehead atoms. The van der Waals surface area contributed by atoms with Crippen LogP contribution >= 0.6 is 45.2 Å². The second kappa shape index (κ2) is 37.2. The molecule has 0 amide bonds. The average Bonchev–Trinajstić information content (AvgIpc) is 1.58. The fourth-order valence-electron chi connectivity index (χ4n) is 18.4. The maximum atomic E-state index is 2.43. The standard InChI is InChI=1S/C74H53N5.C29H23N.C18H11I2N/c1-6-26-56(27-7-1)75(57-28-8-2-9-29-57)61-40-44-63(45-41-61)77(71-38-20-24-54-22-16-18-36-67(54)71)65-48-50-73-69(52-65)70-53-66(49-51-74(70)79(73)60-34-14-5-15-35-60)78(72-39-21-25-55-23-17-19-37-68(55)72)64-46-42-62(43-47-64)76(58-30-10-3-11-31-58)59-32-12-4-13-33-59;1-3-13-26(14-4-1)30(27-15-5-2-6-16-27)28-20-18-23(19-21-28)22-25-12-9-11-24-10-7-8-17-29(24)25;19-12-6-8-17-15(10-12)16-11-13(20)7-9-18(16)21(17)14-4-2-1-3-5-14/h1-53H;1-21H,22H2;1-11H. The Labute approximate surface area is 785 Å². The van der Waals surface area contributed by atoms with Gasteiger partial charge in [0.15, 0.2) is 0 Å². The van der Waals surface area contributed by atoms with Gasteiger partial charge in [-0.2, -0.15) is 0 Å². The number of nitrogens with zero attached hydrogens (tertiary/aromatic N) is 7. The van der Waals surface area contributed by atoms with Gasteiger partial charge in [0.2, 0.25) is 0 Å². The lowest BCUT2D eigenvalue weighted by Gasteiger charge is -2.29. The second-order valence-electron chi connectivity index (χ2n) is 32.3. The number of rotatable bonds is 19. The molecule has 620 valence electrons. The van der Waals surface area contributed by atoms with E-state index in [2.05, 4.69) is 594 Å². The highest BCUT2D eigenvalue weighted by molar-refractivity contribution is 14.1. The van der Waals surface area contributed by atoms with E-state index >= 15 is 0 Å². The molecular formula is C121H87I2N7. The Bertz CT molecular complexity index is 7420. The van der Waals surface area contributed by atoms with Gasteiger partial charge >= 0.3 is 0 Å². The number of hydrogen-bond donors (Lipinski definition) is 0. The van der Waals surface area contributed by atoms with E-state index in [0.29, 0.717) is 0 Å². The molecule has 21 aromatic carbocycles. The van der Waals surface area contributed by atoms with Crippen LogP contribution in [0.25, 0.3) is 87.3 Å². The first-order valence-electron chi connectivity index (χ1n) is 43.9. The minimum absolute atomic E-state index is 0.929. The summed E-state index contributed by atoms with van der Waals surface area (Å²) in [4.78, 5) is 11.8. The fraction of sp³-hybridized carbons (Fsp3) is 0.00826. The van der Waals surface area contributed by atoms with Gasteiger partial charge in [0, 0.05) is 125 Å². The Morgan fingerprint density at radius 3 is 0.746 bits per heavy atom. The van der Waals surface area contributed by atoms with Gasteiger partial charge in [0.25, 0.3) is 0 Å². The summed E-state index contributed by atoms with van der Waals surface area (Å²) in [6.45, 7) is 0. The van der Waals surface area contributed by atoms with Gasteiger partial charge in [-0.05, 0) is 327 Å². The van der Waals surface area contributed by atoms with Crippen molar-refractivity contribution in [2.75, 3.05) is 24.5 Å². The SMILES string of the molecule is Ic1ccc2c(c1)c1cc(I)ccc1n2-c1ccccc1.c1ccc(N(c2ccccc2)c2ccc(Cc3cccc4ccccc34)cc2)cc1.c1ccc(N(c2ccccc2)c2ccc(N(c3ccc4c(c3)c3cc(N(c5ccc(N(c6ccccc6)c6ccccc6)cc5)c5cccc6ccccc56)ccc3n4-c3ccccc3)c3cccc4ccccc34)cc2)cc1. The molecule has 0 saturated heterocycles. The molecule has 23 rings (SSSR count). The molecule has 0 N–H and O–H groups in total. The van der Waals surface area contributed by atoms with Crippen molar-refractivity contribution in [1.29, 1.82) is 0 Å². The largest absolute Gasteiger partial charge is 0.311 e. The van der Waals surface area contributed by atoms with Crippen LogP contribution in [0.1, 0.15) is 11.1 Å². The molecule has 0 aliphatic rings. The minimum atomic E-state index is 0.929. The molecule has 0 radical (unpaired) electrons. The molecule has 0 aliphatic carbocycles. The van der Waals surface area contributed by atoms with Gasteiger partial charge in [0.1, 0.15) is 0 Å². The molecular weight excluding hydrogens is 1810 g/mol. The van der Waals surface area contributed by atoms with E-state index in [0.717, 1.165) is 119 Å². The van der Waals surface area contributed by atoms with Gasteiger partial charge in [-0.25, -0.2) is 0 Å². The lowest BCUT2D eigenvalue weighted by atomic mass is 9.98. The van der Waals surface area contributed by atoms with Crippen LogP contribution in [0.5, 0.6) is 0 Å². The van der Waals surface area contributed by atoms with Crippen LogP contribution < -0.4 is 24.5 Å².